The summed E-state index contributed by atoms with van der Waals surface area (Å²) < 4.78 is 32.4. The smallest absolute Gasteiger partial charge is 0.243 e. The molecule has 3 rings (SSSR count). The van der Waals surface area contributed by atoms with Crippen molar-refractivity contribution >= 4 is 10.0 Å². The van der Waals surface area contributed by atoms with Crippen LogP contribution in [-0.2, 0) is 14.8 Å². The number of nitrogens with one attached hydrogen (secondary N) is 2. The lowest BCUT2D eigenvalue weighted by molar-refractivity contribution is -0.930. The van der Waals surface area contributed by atoms with Crippen molar-refractivity contribution in [2.24, 2.45) is 0 Å². The average Bonchev–Trinajstić information content (AvgIpc) is 2.63. The normalized spacial score (nSPS) is 22.4. The minimum atomic E-state index is -3.41. The third kappa shape index (κ3) is 5.03. The summed E-state index contributed by atoms with van der Waals surface area (Å²) in [4.78, 5) is 3.03. The van der Waals surface area contributed by atoms with E-state index in [-0.39, 0.29) is 6.10 Å². The second-order valence-electron chi connectivity index (χ2n) is 7.39. The van der Waals surface area contributed by atoms with Gasteiger partial charge in [0, 0.05) is 0 Å². The van der Waals surface area contributed by atoms with E-state index < -0.39 is 10.0 Å². The molecule has 0 aliphatic carbocycles. The van der Waals surface area contributed by atoms with E-state index in [4.69, 9.17) is 4.74 Å². The predicted octanol–water partition coefficient (Wildman–Crippen LogP) is -2.84. The van der Waals surface area contributed by atoms with E-state index in [1.807, 2.05) is 19.1 Å². The highest BCUT2D eigenvalue weighted by molar-refractivity contribution is 7.89. The van der Waals surface area contributed by atoms with Crippen LogP contribution in [0.2, 0.25) is 0 Å². The highest BCUT2D eigenvalue weighted by Gasteiger charge is 2.31. The number of aliphatic hydroxyl groups is 1. The van der Waals surface area contributed by atoms with Crippen molar-refractivity contribution in [1.29, 1.82) is 0 Å². The number of aryl methyl sites for hydroxylation is 1. The summed E-state index contributed by atoms with van der Waals surface area (Å²) in [6, 6.07) is 7.02. The van der Waals surface area contributed by atoms with Crippen molar-refractivity contribution in [3.63, 3.8) is 0 Å². The van der Waals surface area contributed by atoms with Crippen molar-refractivity contribution in [3.8, 4) is 0 Å². The highest BCUT2D eigenvalue weighted by Crippen LogP contribution is 2.16. The van der Waals surface area contributed by atoms with Gasteiger partial charge in [-0.3, -0.25) is 0 Å². The monoisotopic (exact) mass is 385 g/mol. The molecule has 1 aromatic carbocycles. The van der Waals surface area contributed by atoms with Crippen LogP contribution in [0, 0.1) is 6.92 Å². The molecule has 0 unspecified atom stereocenters. The number of nitrogens with zero attached hydrogens (tertiary/aromatic N) is 1. The molecule has 2 saturated heterocycles. The summed E-state index contributed by atoms with van der Waals surface area (Å²) in [7, 11) is -3.41. The number of piperazine rings is 1. The van der Waals surface area contributed by atoms with Gasteiger partial charge in [0.05, 0.1) is 44.3 Å². The van der Waals surface area contributed by atoms with Crippen LogP contribution < -0.4 is 9.80 Å². The number of benzene rings is 1. The van der Waals surface area contributed by atoms with Crippen LogP contribution in [0.15, 0.2) is 29.2 Å². The Morgan fingerprint density at radius 3 is 2.15 bits per heavy atom. The van der Waals surface area contributed by atoms with Gasteiger partial charge >= 0.3 is 0 Å². The minimum Gasteiger partial charge on any atom is -0.382 e. The van der Waals surface area contributed by atoms with Crippen LogP contribution in [0.4, 0.5) is 0 Å². The Bertz CT molecular complexity index is 666. The second-order valence-corrected chi connectivity index (χ2v) is 9.33. The molecule has 2 aliphatic heterocycles. The van der Waals surface area contributed by atoms with E-state index in [0.717, 1.165) is 51.5 Å². The fourth-order valence-corrected chi connectivity index (χ4v) is 5.15. The fraction of sp³-hybridized carbons (Fsp3) is 0.667. The van der Waals surface area contributed by atoms with Crippen LogP contribution in [0.3, 0.4) is 0 Å². The third-order valence-corrected chi connectivity index (χ3v) is 7.25. The van der Waals surface area contributed by atoms with E-state index in [1.165, 1.54) is 9.80 Å². The summed E-state index contributed by atoms with van der Waals surface area (Å²) in [5.74, 6) is 0. The summed E-state index contributed by atoms with van der Waals surface area (Å²) in [6.45, 7) is 9.30. The molecule has 0 aromatic heterocycles. The Kier molecular flexibility index (Phi) is 6.65. The van der Waals surface area contributed by atoms with Gasteiger partial charge in [0.15, 0.2) is 6.10 Å². The maximum Gasteiger partial charge on any atom is 0.243 e. The molecule has 0 bridgehead atoms. The zero-order valence-corrected chi connectivity index (χ0v) is 16.3. The number of hydrogen-bond acceptors (Lipinski definition) is 4. The quantitative estimate of drug-likeness (QED) is 0.493. The molecule has 0 amide bonds. The van der Waals surface area contributed by atoms with Gasteiger partial charge in [0.2, 0.25) is 10.0 Å². The van der Waals surface area contributed by atoms with Crippen molar-refractivity contribution in [3.05, 3.63) is 29.8 Å². The Hall–Kier alpha value is -1.03. The molecule has 1 aromatic rings. The number of aliphatic hydroxyl groups excluding tert-OH is 1. The van der Waals surface area contributed by atoms with Crippen LogP contribution in [0.5, 0.6) is 0 Å². The minimum absolute atomic E-state index is 0.349. The molecule has 2 heterocycles. The van der Waals surface area contributed by atoms with E-state index >= 15 is 0 Å². The Balaban J connectivity index is 1.48. The van der Waals surface area contributed by atoms with Gasteiger partial charge in [0.25, 0.3) is 0 Å². The number of rotatable bonds is 6. The Morgan fingerprint density at radius 2 is 1.58 bits per heavy atom. The summed E-state index contributed by atoms with van der Waals surface area (Å²) in [6.07, 6.45) is -0.349. The van der Waals surface area contributed by atoms with Crippen molar-refractivity contribution in [1.82, 2.24) is 4.31 Å². The van der Waals surface area contributed by atoms with Crippen LogP contribution in [-0.4, -0.2) is 89.5 Å². The molecule has 0 radical (unpaired) electrons. The predicted molar refractivity (Wildman–Crippen MR) is 97.9 cm³/mol. The molecular formula is C18H31N3O4S+2. The number of hydrogen-bond donors (Lipinski definition) is 3. The van der Waals surface area contributed by atoms with Gasteiger partial charge in [-0.15, -0.1) is 0 Å². The van der Waals surface area contributed by atoms with Crippen LogP contribution >= 0.6 is 0 Å². The molecule has 2 fully saturated rings. The Morgan fingerprint density at radius 1 is 1.04 bits per heavy atom. The van der Waals surface area contributed by atoms with E-state index in [9.17, 15) is 13.5 Å². The lowest BCUT2D eigenvalue weighted by atomic mass is 10.2. The fourth-order valence-electron chi connectivity index (χ4n) is 3.71. The number of sulfonamides is 1. The standard InChI is InChI=1S/C18H29N3O4S/c1-16-2-4-18(5-3-16)26(23,24)21-8-6-19(7-9-21)14-17(22)15-20-10-12-25-13-11-20/h2-5,17,22H,6-15H2,1H3/p+2/t17-/m0/s1. The average molecular weight is 386 g/mol. The van der Waals surface area contributed by atoms with Gasteiger partial charge in [-0.1, -0.05) is 17.7 Å². The van der Waals surface area contributed by atoms with Crippen molar-refractivity contribution in [2.45, 2.75) is 17.9 Å². The van der Waals surface area contributed by atoms with Gasteiger partial charge in [0.1, 0.15) is 26.2 Å². The first-order chi connectivity index (χ1) is 12.4. The second kappa shape index (κ2) is 8.77. The molecule has 8 heteroatoms. The summed E-state index contributed by atoms with van der Waals surface area (Å²) in [5.41, 5.74) is 1.05. The highest BCUT2D eigenvalue weighted by atomic mass is 32.2. The topological polar surface area (TPSA) is 75.7 Å². The number of morpholine rings is 1. The largest absolute Gasteiger partial charge is 0.382 e. The van der Waals surface area contributed by atoms with Crippen molar-refractivity contribution < 1.29 is 28.1 Å². The van der Waals surface area contributed by atoms with Crippen LogP contribution in [0.25, 0.3) is 0 Å². The molecule has 1 atom stereocenters. The van der Waals surface area contributed by atoms with Crippen molar-refractivity contribution in [2.75, 3.05) is 65.6 Å². The first kappa shape index (κ1) is 19.7. The molecule has 0 spiro atoms. The Labute approximate surface area is 156 Å². The molecule has 26 heavy (non-hydrogen) atoms. The maximum absolute atomic E-state index is 12.7. The lowest BCUT2D eigenvalue weighted by Crippen LogP contribution is -3.19. The van der Waals surface area contributed by atoms with Gasteiger partial charge in [-0.05, 0) is 19.1 Å². The maximum atomic E-state index is 12.7. The number of ether oxygens (including phenoxy) is 1. The van der Waals surface area contributed by atoms with Gasteiger partial charge in [-0.25, -0.2) is 8.42 Å². The molecule has 2 aliphatic rings. The first-order valence-corrected chi connectivity index (χ1v) is 10.9. The molecule has 0 saturated carbocycles. The molecule has 146 valence electrons. The third-order valence-electron chi connectivity index (χ3n) is 5.34. The summed E-state index contributed by atoms with van der Waals surface area (Å²) >= 11 is 0. The van der Waals surface area contributed by atoms with E-state index in [0.29, 0.717) is 24.5 Å². The molecular weight excluding hydrogens is 354 g/mol. The summed E-state index contributed by atoms with van der Waals surface area (Å²) in [5, 5.41) is 10.4. The van der Waals surface area contributed by atoms with Gasteiger partial charge in [-0.2, -0.15) is 4.31 Å². The van der Waals surface area contributed by atoms with Gasteiger partial charge < -0.3 is 19.6 Å². The van der Waals surface area contributed by atoms with Crippen LogP contribution in [0.1, 0.15) is 5.56 Å². The molecule has 7 nitrogen and oxygen atoms in total. The zero-order chi connectivity index (χ0) is 18.6. The SMILES string of the molecule is Cc1ccc(S(=O)(=O)N2CC[NH+](C[C@H](O)C[NH+]3CCOCC3)CC2)cc1. The first-order valence-electron chi connectivity index (χ1n) is 9.45. The molecule has 3 N–H and O–H groups in total. The lowest BCUT2D eigenvalue weighted by Gasteiger charge is -2.33. The number of quaternary nitrogens is 2. The zero-order valence-electron chi connectivity index (χ0n) is 15.5. The van der Waals surface area contributed by atoms with E-state index in [2.05, 4.69) is 0 Å². The van der Waals surface area contributed by atoms with E-state index in [1.54, 1.807) is 16.4 Å².